The van der Waals surface area contributed by atoms with Crippen molar-refractivity contribution in [3.8, 4) is 0 Å². The Labute approximate surface area is 91.1 Å². The predicted molar refractivity (Wildman–Crippen MR) is 59.8 cm³/mol. The van der Waals surface area contributed by atoms with Crippen molar-refractivity contribution in [2.24, 2.45) is 0 Å². The van der Waals surface area contributed by atoms with E-state index < -0.39 is 0 Å². The van der Waals surface area contributed by atoms with Gasteiger partial charge >= 0.3 is 0 Å². The lowest BCUT2D eigenvalue weighted by Crippen LogP contribution is -2.29. The lowest BCUT2D eigenvalue weighted by Gasteiger charge is -2.19. The monoisotopic (exact) mass is 208 g/mol. The van der Waals surface area contributed by atoms with Gasteiger partial charge < -0.3 is 5.32 Å². The predicted octanol–water partition coefficient (Wildman–Crippen LogP) is 1.54. The standard InChI is InChI=1S/C11H20N4/c1-3-7-15-11(8-13-14-15)9-5-4-6-10(9)12-2/h8-10,12H,3-7H2,1-2H3. The first-order valence-electron chi connectivity index (χ1n) is 5.92. The van der Waals surface area contributed by atoms with Crippen LogP contribution in [0.3, 0.4) is 0 Å². The molecule has 0 bridgehead atoms. The minimum Gasteiger partial charge on any atom is -0.316 e. The van der Waals surface area contributed by atoms with Crippen molar-refractivity contribution in [3.63, 3.8) is 0 Å². The molecular formula is C11H20N4. The highest BCUT2D eigenvalue weighted by Gasteiger charge is 2.29. The van der Waals surface area contributed by atoms with Gasteiger partial charge in [0.25, 0.3) is 0 Å². The number of nitrogens with zero attached hydrogens (tertiary/aromatic N) is 3. The van der Waals surface area contributed by atoms with Crippen LogP contribution in [-0.2, 0) is 6.54 Å². The molecule has 2 unspecified atom stereocenters. The summed E-state index contributed by atoms with van der Waals surface area (Å²) in [6.07, 6.45) is 6.91. The molecule has 15 heavy (non-hydrogen) atoms. The van der Waals surface area contributed by atoms with Gasteiger partial charge in [0, 0.05) is 18.5 Å². The van der Waals surface area contributed by atoms with Crippen LogP contribution in [0.5, 0.6) is 0 Å². The minimum atomic E-state index is 0.608. The van der Waals surface area contributed by atoms with Gasteiger partial charge in [0.15, 0.2) is 0 Å². The first-order chi connectivity index (χ1) is 7.36. The lowest BCUT2D eigenvalue weighted by atomic mass is 10.00. The zero-order chi connectivity index (χ0) is 10.7. The lowest BCUT2D eigenvalue weighted by molar-refractivity contribution is 0.469. The van der Waals surface area contributed by atoms with Gasteiger partial charge in [-0.1, -0.05) is 18.6 Å². The van der Waals surface area contributed by atoms with Crippen molar-refractivity contribution in [2.45, 2.75) is 51.1 Å². The molecule has 2 rings (SSSR count). The molecule has 1 fully saturated rings. The number of aryl methyl sites for hydroxylation is 1. The van der Waals surface area contributed by atoms with Gasteiger partial charge in [-0.3, -0.25) is 0 Å². The molecule has 4 heteroatoms. The third-order valence-corrected chi connectivity index (χ3v) is 3.35. The molecule has 1 aliphatic carbocycles. The van der Waals surface area contributed by atoms with E-state index >= 15 is 0 Å². The third-order valence-electron chi connectivity index (χ3n) is 3.35. The van der Waals surface area contributed by atoms with Crippen LogP contribution in [0, 0.1) is 0 Å². The Morgan fingerprint density at radius 1 is 1.53 bits per heavy atom. The van der Waals surface area contributed by atoms with Crippen LogP contribution < -0.4 is 5.32 Å². The van der Waals surface area contributed by atoms with Crippen molar-refractivity contribution in [3.05, 3.63) is 11.9 Å². The van der Waals surface area contributed by atoms with Gasteiger partial charge in [-0.2, -0.15) is 0 Å². The highest BCUT2D eigenvalue weighted by Crippen LogP contribution is 2.33. The smallest absolute Gasteiger partial charge is 0.0728 e. The number of nitrogens with one attached hydrogen (secondary N) is 1. The Hall–Kier alpha value is -0.900. The quantitative estimate of drug-likeness (QED) is 0.816. The van der Waals surface area contributed by atoms with E-state index in [2.05, 4.69) is 34.3 Å². The van der Waals surface area contributed by atoms with Gasteiger partial charge in [0.2, 0.25) is 0 Å². The van der Waals surface area contributed by atoms with E-state index in [1.807, 2.05) is 6.20 Å². The maximum Gasteiger partial charge on any atom is 0.0728 e. The van der Waals surface area contributed by atoms with Crippen LogP contribution in [0.15, 0.2) is 6.20 Å². The number of hydrogen-bond donors (Lipinski definition) is 1. The zero-order valence-electron chi connectivity index (χ0n) is 9.61. The molecular weight excluding hydrogens is 188 g/mol. The van der Waals surface area contributed by atoms with E-state index in [9.17, 15) is 0 Å². The second-order valence-corrected chi connectivity index (χ2v) is 4.31. The third kappa shape index (κ3) is 2.04. The van der Waals surface area contributed by atoms with E-state index in [0.717, 1.165) is 13.0 Å². The Balaban J connectivity index is 2.16. The van der Waals surface area contributed by atoms with Crippen LogP contribution >= 0.6 is 0 Å². The maximum atomic E-state index is 4.16. The van der Waals surface area contributed by atoms with Crippen LogP contribution in [-0.4, -0.2) is 28.1 Å². The topological polar surface area (TPSA) is 42.7 Å². The van der Waals surface area contributed by atoms with Crippen molar-refractivity contribution < 1.29 is 0 Å². The van der Waals surface area contributed by atoms with Gasteiger partial charge in [-0.05, 0) is 26.3 Å². The van der Waals surface area contributed by atoms with Crippen LogP contribution in [0.25, 0.3) is 0 Å². The summed E-state index contributed by atoms with van der Waals surface area (Å²) in [6, 6.07) is 0.610. The summed E-state index contributed by atoms with van der Waals surface area (Å²) in [5.74, 6) is 0.608. The number of rotatable bonds is 4. The second-order valence-electron chi connectivity index (χ2n) is 4.31. The Morgan fingerprint density at radius 2 is 2.40 bits per heavy atom. The van der Waals surface area contributed by atoms with Crippen molar-refractivity contribution in [1.29, 1.82) is 0 Å². The molecule has 0 spiro atoms. The molecule has 84 valence electrons. The average Bonchev–Trinajstić information content (AvgIpc) is 2.84. The molecule has 0 aliphatic heterocycles. The first-order valence-corrected chi connectivity index (χ1v) is 5.92. The number of likely N-dealkylation sites (N-methyl/N-ethyl adjacent to an activating group) is 1. The van der Waals surface area contributed by atoms with Gasteiger partial charge in [0.1, 0.15) is 0 Å². The van der Waals surface area contributed by atoms with E-state index in [-0.39, 0.29) is 0 Å². The van der Waals surface area contributed by atoms with E-state index in [1.54, 1.807) is 0 Å². The number of hydrogen-bond acceptors (Lipinski definition) is 3. The normalized spacial score (nSPS) is 26.0. The summed E-state index contributed by atoms with van der Waals surface area (Å²) in [7, 11) is 2.05. The summed E-state index contributed by atoms with van der Waals surface area (Å²) in [6.45, 7) is 3.16. The Kier molecular flexibility index (Phi) is 3.36. The van der Waals surface area contributed by atoms with Crippen molar-refractivity contribution >= 4 is 0 Å². The molecule has 4 nitrogen and oxygen atoms in total. The largest absolute Gasteiger partial charge is 0.316 e. The van der Waals surface area contributed by atoms with Gasteiger partial charge in [-0.15, -0.1) is 5.10 Å². The molecule has 0 saturated heterocycles. The summed E-state index contributed by atoms with van der Waals surface area (Å²) >= 11 is 0. The summed E-state index contributed by atoms with van der Waals surface area (Å²) in [5, 5.41) is 11.6. The first kappa shape index (κ1) is 10.6. The molecule has 1 N–H and O–H groups in total. The fraction of sp³-hybridized carbons (Fsp3) is 0.818. The molecule has 1 heterocycles. The van der Waals surface area contributed by atoms with E-state index in [4.69, 9.17) is 0 Å². The number of aromatic nitrogens is 3. The van der Waals surface area contributed by atoms with Gasteiger partial charge in [0.05, 0.1) is 11.9 Å². The molecule has 0 radical (unpaired) electrons. The highest BCUT2D eigenvalue weighted by molar-refractivity contribution is 5.10. The average molecular weight is 208 g/mol. The Morgan fingerprint density at radius 3 is 3.13 bits per heavy atom. The molecule has 0 amide bonds. The molecule has 1 saturated carbocycles. The summed E-state index contributed by atoms with van der Waals surface area (Å²) in [5.41, 5.74) is 1.31. The SMILES string of the molecule is CCCn1nncc1C1CCCC1NC. The van der Waals surface area contributed by atoms with E-state index in [0.29, 0.717) is 12.0 Å². The Bertz CT molecular complexity index is 307. The van der Waals surface area contributed by atoms with Crippen LogP contribution in [0.4, 0.5) is 0 Å². The fourth-order valence-electron chi connectivity index (χ4n) is 2.60. The summed E-state index contributed by atoms with van der Waals surface area (Å²) < 4.78 is 2.07. The fourth-order valence-corrected chi connectivity index (χ4v) is 2.60. The van der Waals surface area contributed by atoms with Gasteiger partial charge in [-0.25, -0.2) is 4.68 Å². The van der Waals surface area contributed by atoms with Crippen LogP contribution in [0.2, 0.25) is 0 Å². The molecule has 1 aromatic rings. The zero-order valence-corrected chi connectivity index (χ0v) is 9.61. The second kappa shape index (κ2) is 4.75. The summed E-state index contributed by atoms with van der Waals surface area (Å²) in [4.78, 5) is 0. The highest BCUT2D eigenvalue weighted by atomic mass is 15.4. The minimum absolute atomic E-state index is 0.608. The van der Waals surface area contributed by atoms with E-state index in [1.165, 1.54) is 25.0 Å². The van der Waals surface area contributed by atoms with Crippen molar-refractivity contribution in [2.75, 3.05) is 7.05 Å². The van der Waals surface area contributed by atoms with Crippen molar-refractivity contribution in [1.82, 2.24) is 20.3 Å². The molecule has 1 aliphatic rings. The maximum absolute atomic E-state index is 4.16. The molecule has 1 aromatic heterocycles. The van der Waals surface area contributed by atoms with Crippen LogP contribution in [0.1, 0.15) is 44.2 Å². The molecule has 0 aromatic carbocycles. The molecule has 2 atom stereocenters.